The monoisotopic (exact) mass is 432 g/mol. The van der Waals surface area contributed by atoms with Crippen molar-refractivity contribution in [1.82, 2.24) is 4.31 Å². The number of hydrogen-bond acceptors (Lipinski definition) is 5. The van der Waals surface area contributed by atoms with Gasteiger partial charge in [0.25, 0.3) is 9.84 Å². The molecule has 2 rings (SSSR count). The molecule has 1 fully saturated rings. The van der Waals surface area contributed by atoms with Crippen molar-refractivity contribution in [2.75, 3.05) is 24.2 Å². The summed E-state index contributed by atoms with van der Waals surface area (Å²) in [6, 6.07) is 1.68. The molecule has 0 spiro atoms. The summed E-state index contributed by atoms with van der Waals surface area (Å²) in [7, 11) is -9.11. The molecule has 1 aliphatic rings. The van der Waals surface area contributed by atoms with Crippen LogP contribution in [0.5, 0.6) is 0 Å². The van der Waals surface area contributed by atoms with Crippen LogP contribution in [0.25, 0.3) is 0 Å². The van der Waals surface area contributed by atoms with E-state index in [9.17, 15) is 34.4 Å². The summed E-state index contributed by atoms with van der Waals surface area (Å²) in [5.41, 5.74) is -5.92. The Morgan fingerprint density at radius 3 is 2.26 bits per heavy atom. The van der Waals surface area contributed by atoms with Gasteiger partial charge in [-0.05, 0) is 37.5 Å². The minimum absolute atomic E-state index is 0.0109. The Balaban J connectivity index is 2.19. The number of nitrogens with one attached hydrogen (secondary N) is 1. The van der Waals surface area contributed by atoms with Crippen LogP contribution in [0.4, 0.5) is 23.2 Å². The van der Waals surface area contributed by atoms with Gasteiger partial charge in [-0.2, -0.15) is 13.2 Å². The molecule has 1 saturated heterocycles. The molecule has 1 aromatic carbocycles. The number of nitrogens with zero attached hydrogens (tertiary/aromatic N) is 1. The van der Waals surface area contributed by atoms with E-state index in [1.807, 2.05) is 0 Å². The number of piperidine rings is 1. The maximum absolute atomic E-state index is 13.4. The van der Waals surface area contributed by atoms with Crippen LogP contribution in [0.1, 0.15) is 26.2 Å². The van der Waals surface area contributed by atoms with Gasteiger partial charge in [-0.15, -0.1) is 0 Å². The van der Waals surface area contributed by atoms with E-state index in [0.29, 0.717) is 12.5 Å². The Bertz CT molecular complexity index is 878. The molecule has 1 N–H and O–H groups in total. The number of alkyl halides is 3. The third kappa shape index (κ3) is 4.91. The maximum Gasteiger partial charge on any atom is 0.501 e. The van der Waals surface area contributed by atoms with E-state index in [0.717, 1.165) is 12.1 Å². The van der Waals surface area contributed by atoms with Gasteiger partial charge >= 0.3 is 5.51 Å². The topological polar surface area (TPSA) is 83.6 Å². The molecule has 0 radical (unpaired) electrons. The highest BCUT2D eigenvalue weighted by atomic mass is 32.2. The van der Waals surface area contributed by atoms with Gasteiger partial charge in [0, 0.05) is 19.1 Å². The first-order valence-electron chi connectivity index (χ1n) is 8.23. The number of rotatable bonds is 6. The molecule has 1 aromatic rings. The lowest BCUT2D eigenvalue weighted by Gasteiger charge is -2.32. The summed E-state index contributed by atoms with van der Waals surface area (Å²) in [5, 5.41) is 2.69. The second-order valence-corrected chi connectivity index (χ2v) is 10.2. The standard InChI is InChI=1S/C15H20F4N2O4S2/c1-2-9-26(22,23)21-7-5-12(6-8-21)20-13-4-3-11(16)10-14(13)27(24,25)15(17,18)19/h3-4,10,12,20H,2,5-9H2,1H3. The van der Waals surface area contributed by atoms with Crippen LogP contribution in [0.3, 0.4) is 0 Å². The van der Waals surface area contributed by atoms with Crippen molar-refractivity contribution in [3.63, 3.8) is 0 Å². The van der Waals surface area contributed by atoms with Crippen molar-refractivity contribution in [2.45, 2.75) is 42.6 Å². The first kappa shape index (κ1) is 21.9. The SMILES string of the molecule is CCCS(=O)(=O)N1CCC(Nc2ccc(F)cc2S(=O)(=O)C(F)(F)F)CC1. The highest BCUT2D eigenvalue weighted by Crippen LogP contribution is 2.35. The molecule has 1 heterocycles. The Morgan fingerprint density at radius 2 is 1.74 bits per heavy atom. The molecule has 0 saturated carbocycles. The van der Waals surface area contributed by atoms with Crippen molar-refractivity contribution in [1.29, 1.82) is 0 Å². The lowest BCUT2D eigenvalue weighted by Crippen LogP contribution is -2.43. The van der Waals surface area contributed by atoms with Crippen molar-refractivity contribution in [3.05, 3.63) is 24.0 Å². The molecule has 0 bridgehead atoms. The largest absolute Gasteiger partial charge is 0.501 e. The Morgan fingerprint density at radius 1 is 1.15 bits per heavy atom. The van der Waals surface area contributed by atoms with Crippen molar-refractivity contribution in [2.24, 2.45) is 0 Å². The first-order valence-corrected chi connectivity index (χ1v) is 11.3. The van der Waals surface area contributed by atoms with E-state index < -0.39 is 42.1 Å². The van der Waals surface area contributed by atoms with Crippen LogP contribution in [-0.2, 0) is 19.9 Å². The fraction of sp³-hybridized carbons (Fsp3) is 0.600. The second kappa shape index (κ2) is 7.92. The van der Waals surface area contributed by atoms with E-state index in [4.69, 9.17) is 0 Å². The van der Waals surface area contributed by atoms with E-state index in [1.54, 1.807) is 6.92 Å². The molecule has 154 valence electrons. The maximum atomic E-state index is 13.4. The van der Waals surface area contributed by atoms with Gasteiger partial charge < -0.3 is 5.32 Å². The third-order valence-corrected chi connectivity index (χ3v) is 7.81. The van der Waals surface area contributed by atoms with E-state index >= 15 is 0 Å². The fourth-order valence-corrected chi connectivity index (χ4v) is 5.32. The number of anilines is 1. The second-order valence-electron chi connectivity index (χ2n) is 6.22. The smallest absolute Gasteiger partial charge is 0.381 e. The van der Waals surface area contributed by atoms with Crippen LogP contribution in [0, 0.1) is 5.82 Å². The van der Waals surface area contributed by atoms with Crippen molar-refractivity contribution in [3.8, 4) is 0 Å². The highest BCUT2D eigenvalue weighted by molar-refractivity contribution is 7.92. The summed E-state index contributed by atoms with van der Waals surface area (Å²) in [6.45, 7) is 2.08. The van der Waals surface area contributed by atoms with Crippen LogP contribution in [-0.4, -0.2) is 51.5 Å². The molecule has 0 atom stereocenters. The van der Waals surface area contributed by atoms with Gasteiger partial charge in [0.2, 0.25) is 10.0 Å². The molecule has 27 heavy (non-hydrogen) atoms. The summed E-state index contributed by atoms with van der Waals surface area (Å²) >= 11 is 0. The predicted molar refractivity (Wildman–Crippen MR) is 91.9 cm³/mol. The van der Waals surface area contributed by atoms with Crippen LogP contribution in [0.2, 0.25) is 0 Å². The Hall–Kier alpha value is -1.40. The molecule has 6 nitrogen and oxygen atoms in total. The van der Waals surface area contributed by atoms with Gasteiger partial charge in [-0.25, -0.2) is 25.5 Å². The molecular weight excluding hydrogens is 412 g/mol. The number of benzene rings is 1. The molecule has 0 aliphatic carbocycles. The first-order chi connectivity index (χ1) is 12.4. The summed E-state index contributed by atoms with van der Waals surface area (Å²) in [4.78, 5) is -1.18. The van der Waals surface area contributed by atoms with Gasteiger partial charge in [0.05, 0.1) is 11.4 Å². The average Bonchev–Trinajstić information content (AvgIpc) is 2.56. The molecule has 1 aliphatic heterocycles. The zero-order valence-corrected chi connectivity index (χ0v) is 16.1. The zero-order chi connectivity index (χ0) is 20.5. The fourth-order valence-electron chi connectivity index (χ4n) is 2.85. The van der Waals surface area contributed by atoms with E-state index in [1.165, 1.54) is 4.31 Å². The van der Waals surface area contributed by atoms with Gasteiger partial charge in [0.15, 0.2) is 0 Å². The van der Waals surface area contributed by atoms with Gasteiger partial charge in [0.1, 0.15) is 10.7 Å². The zero-order valence-electron chi connectivity index (χ0n) is 14.5. The average molecular weight is 432 g/mol. The summed E-state index contributed by atoms with van der Waals surface area (Å²) < 4.78 is 101. The lowest BCUT2D eigenvalue weighted by atomic mass is 10.1. The predicted octanol–water partition coefficient (Wildman–Crippen LogP) is 2.74. The number of hydrogen-bond donors (Lipinski definition) is 1. The van der Waals surface area contributed by atoms with Gasteiger partial charge in [-0.3, -0.25) is 0 Å². The minimum atomic E-state index is -5.73. The number of halogens is 4. The number of sulfonamides is 1. The molecule has 0 aromatic heterocycles. The van der Waals surface area contributed by atoms with Gasteiger partial charge in [-0.1, -0.05) is 6.92 Å². The minimum Gasteiger partial charge on any atom is -0.381 e. The summed E-state index contributed by atoms with van der Waals surface area (Å²) in [5.74, 6) is -1.10. The Kier molecular flexibility index (Phi) is 6.42. The molecule has 0 amide bonds. The summed E-state index contributed by atoms with van der Waals surface area (Å²) in [6.07, 6.45) is 1.03. The third-order valence-electron chi connectivity index (χ3n) is 4.21. The van der Waals surface area contributed by atoms with E-state index in [-0.39, 0.29) is 37.4 Å². The number of sulfone groups is 1. The van der Waals surface area contributed by atoms with Crippen molar-refractivity contribution >= 4 is 25.5 Å². The molecule has 0 unspecified atom stereocenters. The van der Waals surface area contributed by atoms with Crippen LogP contribution >= 0.6 is 0 Å². The molecular formula is C15H20F4N2O4S2. The normalized spacial score (nSPS) is 17.8. The van der Waals surface area contributed by atoms with Crippen LogP contribution < -0.4 is 5.32 Å². The van der Waals surface area contributed by atoms with E-state index in [2.05, 4.69) is 5.32 Å². The Labute approximate surface area is 155 Å². The quantitative estimate of drug-likeness (QED) is 0.699. The van der Waals surface area contributed by atoms with Crippen molar-refractivity contribution < 1.29 is 34.4 Å². The van der Waals surface area contributed by atoms with Crippen LogP contribution in [0.15, 0.2) is 23.1 Å². The molecule has 12 heteroatoms. The highest BCUT2D eigenvalue weighted by Gasteiger charge is 2.48. The lowest BCUT2D eigenvalue weighted by molar-refractivity contribution is -0.0435.